The van der Waals surface area contributed by atoms with Gasteiger partial charge in [-0.15, -0.1) is 0 Å². The highest BCUT2D eigenvalue weighted by atomic mass is 19.1. The van der Waals surface area contributed by atoms with Crippen LogP contribution in [0.4, 0.5) is 20.2 Å². The smallest absolute Gasteiger partial charge is 0.151 e. The third-order valence-corrected chi connectivity index (χ3v) is 2.71. The number of nitrogens with one attached hydrogen (secondary N) is 1. The molecule has 2 aromatic rings. The molecule has 0 spiro atoms. The Hall–Kier alpha value is -2.11. The standard InChI is InChI=1S/C12H14F2N4/c1-18-9(3-5-17-18)2-4-16-11-7-8(13)6-10(14)12(11)15/h3,5-7,16H,2,4,15H2,1H3. The molecule has 0 unspecified atom stereocenters. The average Bonchev–Trinajstić information content (AvgIpc) is 2.71. The molecule has 0 saturated heterocycles. The second-order valence-corrected chi connectivity index (χ2v) is 3.97. The molecule has 4 nitrogen and oxygen atoms in total. The lowest BCUT2D eigenvalue weighted by molar-refractivity contribution is 0.587. The molecule has 0 aliphatic carbocycles. The van der Waals surface area contributed by atoms with Crippen LogP contribution in [0.3, 0.4) is 0 Å². The molecule has 0 bridgehead atoms. The Kier molecular flexibility index (Phi) is 3.45. The van der Waals surface area contributed by atoms with Crippen molar-refractivity contribution in [2.24, 2.45) is 7.05 Å². The van der Waals surface area contributed by atoms with Gasteiger partial charge < -0.3 is 11.1 Å². The van der Waals surface area contributed by atoms with Crippen LogP contribution in [0.5, 0.6) is 0 Å². The number of hydrogen-bond donors (Lipinski definition) is 2. The summed E-state index contributed by atoms with van der Waals surface area (Å²) in [4.78, 5) is 0. The third kappa shape index (κ3) is 2.58. The second kappa shape index (κ2) is 5.03. The van der Waals surface area contributed by atoms with E-state index in [9.17, 15) is 8.78 Å². The van der Waals surface area contributed by atoms with Crippen LogP contribution in [0.2, 0.25) is 0 Å². The molecule has 1 heterocycles. The molecule has 0 fully saturated rings. The van der Waals surface area contributed by atoms with Crippen LogP contribution in [-0.2, 0) is 13.5 Å². The monoisotopic (exact) mass is 252 g/mol. The molecular formula is C12H14F2N4. The Morgan fingerprint density at radius 1 is 1.39 bits per heavy atom. The number of benzene rings is 1. The van der Waals surface area contributed by atoms with Crippen LogP contribution < -0.4 is 11.1 Å². The summed E-state index contributed by atoms with van der Waals surface area (Å²) >= 11 is 0. The molecule has 6 heteroatoms. The molecule has 0 radical (unpaired) electrons. The normalized spacial score (nSPS) is 10.6. The molecule has 0 atom stereocenters. The molecular weight excluding hydrogens is 238 g/mol. The SMILES string of the molecule is Cn1nccc1CCNc1cc(F)cc(F)c1N. The number of rotatable bonds is 4. The van der Waals surface area contributed by atoms with E-state index < -0.39 is 11.6 Å². The van der Waals surface area contributed by atoms with E-state index in [-0.39, 0.29) is 11.4 Å². The van der Waals surface area contributed by atoms with Gasteiger partial charge in [-0.25, -0.2) is 8.78 Å². The molecule has 1 aromatic heterocycles. The van der Waals surface area contributed by atoms with Crippen molar-refractivity contribution in [1.82, 2.24) is 9.78 Å². The van der Waals surface area contributed by atoms with E-state index in [2.05, 4.69) is 10.4 Å². The van der Waals surface area contributed by atoms with Gasteiger partial charge in [0.25, 0.3) is 0 Å². The van der Waals surface area contributed by atoms with Crippen molar-refractivity contribution in [3.8, 4) is 0 Å². The summed E-state index contributed by atoms with van der Waals surface area (Å²) in [6, 6.07) is 3.83. The van der Waals surface area contributed by atoms with Crippen LogP contribution in [0.25, 0.3) is 0 Å². The molecule has 3 N–H and O–H groups in total. The summed E-state index contributed by atoms with van der Waals surface area (Å²) in [5.41, 5.74) is 6.75. The molecule has 18 heavy (non-hydrogen) atoms. The largest absolute Gasteiger partial charge is 0.395 e. The quantitative estimate of drug-likeness (QED) is 0.817. The fourth-order valence-corrected chi connectivity index (χ4v) is 1.70. The maximum absolute atomic E-state index is 13.2. The summed E-state index contributed by atoms with van der Waals surface area (Å²) in [7, 11) is 1.84. The number of nitrogen functional groups attached to an aromatic ring is 1. The van der Waals surface area contributed by atoms with Gasteiger partial charge in [-0.3, -0.25) is 4.68 Å². The molecule has 0 aliphatic rings. The summed E-state index contributed by atoms with van der Waals surface area (Å²) in [5, 5.41) is 6.95. The summed E-state index contributed by atoms with van der Waals surface area (Å²) in [6.45, 7) is 0.520. The molecule has 96 valence electrons. The van der Waals surface area contributed by atoms with Crippen LogP contribution in [0.1, 0.15) is 5.69 Å². The molecule has 2 rings (SSSR count). The number of aryl methyl sites for hydroxylation is 1. The van der Waals surface area contributed by atoms with Gasteiger partial charge >= 0.3 is 0 Å². The zero-order valence-electron chi connectivity index (χ0n) is 9.95. The minimum Gasteiger partial charge on any atom is -0.395 e. The van der Waals surface area contributed by atoms with Crippen molar-refractivity contribution in [2.45, 2.75) is 6.42 Å². The van der Waals surface area contributed by atoms with Crippen LogP contribution in [-0.4, -0.2) is 16.3 Å². The number of anilines is 2. The first kappa shape index (κ1) is 12.3. The Bertz CT molecular complexity index is 551. The minimum absolute atomic E-state index is 0.0681. The zero-order chi connectivity index (χ0) is 13.1. The highest BCUT2D eigenvalue weighted by molar-refractivity contribution is 5.66. The predicted molar refractivity (Wildman–Crippen MR) is 66.2 cm³/mol. The first-order chi connectivity index (χ1) is 8.58. The maximum atomic E-state index is 13.2. The molecule has 0 amide bonds. The number of aromatic nitrogens is 2. The Morgan fingerprint density at radius 3 is 2.83 bits per heavy atom. The van der Waals surface area contributed by atoms with Gasteiger partial charge in [-0.05, 0) is 12.1 Å². The van der Waals surface area contributed by atoms with E-state index in [0.29, 0.717) is 13.0 Å². The summed E-state index contributed by atoms with van der Waals surface area (Å²) in [5.74, 6) is -1.40. The van der Waals surface area contributed by atoms with Crippen LogP contribution >= 0.6 is 0 Å². The van der Waals surface area contributed by atoms with E-state index in [1.807, 2.05) is 13.1 Å². The number of nitrogens with two attached hydrogens (primary N) is 1. The lowest BCUT2D eigenvalue weighted by Crippen LogP contribution is -2.10. The number of nitrogens with zero attached hydrogens (tertiary/aromatic N) is 2. The molecule has 0 saturated carbocycles. The zero-order valence-corrected chi connectivity index (χ0v) is 9.95. The van der Waals surface area contributed by atoms with Crippen molar-refractivity contribution in [3.63, 3.8) is 0 Å². The van der Waals surface area contributed by atoms with Gasteiger partial charge in [0, 0.05) is 38.0 Å². The Labute approximate surface area is 103 Å². The highest BCUT2D eigenvalue weighted by Crippen LogP contribution is 2.23. The average molecular weight is 252 g/mol. The first-order valence-electron chi connectivity index (χ1n) is 5.53. The second-order valence-electron chi connectivity index (χ2n) is 3.97. The fraction of sp³-hybridized carbons (Fsp3) is 0.250. The minimum atomic E-state index is -0.752. The van der Waals surface area contributed by atoms with E-state index in [0.717, 1.165) is 11.8 Å². The lowest BCUT2D eigenvalue weighted by atomic mass is 10.2. The van der Waals surface area contributed by atoms with Crippen molar-refractivity contribution >= 4 is 11.4 Å². The lowest BCUT2D eigenvalue weighted by Gasteiger charge is -2.10. The van der Waals surface area contributed by atoms with Crippen molar-refractivity contribution < 1.29 is 8.78 Å². The van der Waals surface area contributed by atoms with E-state index >= 15 is 0 Å². The van der Waals surface area contributed by atoms with Crippen molar-refractivity contribution in [3.05, 3.63) is 41.7 Å². The third-order valence-electron chi connectivity index (χ3n) is 2.71. The number of hydrogen-bond acceptors (Lipinski definition) is 3. The first-order valence-corrected chi connectivity index (χ1v) is 5.53. The van der Waals surface area contributed by atoms with E-state index in [4.69, 9.17) is 5.73 Å². The van der Waals surface area contributed by atoms with Crippen molar-refractivity contribution in [2.75, 3.05) is 17.6 Å². The fourth-order valence-electron chi connectivity index (χ4n) is 1.70. The summed E-state index contributed by atoms with van der Waals surface area (Å²) < 4.78 is 28.0. The van der Waals surface area contributed by atoms with Gasteiger partial charge in [-0.2, -0.15) is 5.10 Å². The topological polar surface area (TPSA) is 55.9 Å². The van der Waals surface area contributed by atoms with Gasteiger partial charge in [0.15, 0.2) is 5.82 Å². The van der Waals surface area contributed by atoms with Crippen molar-refractivity contribution in [1.29, 1.82) is 0 Å². The van der Waals surface area contributed by atoms with Crippen LogP contribution in [0.15, 0.2) is 24.4 Å². The van der Waals surface area contributed by atoms with E-state index in [1.54, 1.807) is 10.9 Å². The van der Waals surface area contributed by atoms with Gasteiger partial charge in [-0.1, -0.05) is 0 Å². The molecule has 1 aromatic carbocycles. The highest BCUT2D eigenvalue weighted by Gasteiger charge is 2.08. The Balaban J connectivity index is 2.01. The number of halogens is 2. The maximum Gasteiger partial charge on any atom is 0.151 e. The predicted octanol–water partition coefficient (Wildman–Crippen LogP) is 1.94. The van der Waals surface area contributed by atoms with Gasteiger partial charge in [0.2, 0.25) is 0 Å². The van der Waals surface area contributed by atoms with Gasteiger partial charge in [0.05, 0.1) is 11.4 Å². The van der Waals surface area contributed by atoms with Gasteiger partial charge in [0.1, 0.15) is 5.82 Å². The van der Waals surface area contributed by atoms with Crippen LogP contribution in [0, 0.1) is 11.6 Å². The summed E-state index contributed by atoms with van der Waals surface area (Å²) in [6.07, 6.45) is 2.39. The molecule has 0 aliphatic heterocycles. The Morgan fingerprint density at radius 2 is 2.17 bits per heavy atom. The van der Waals surface area contributed by atoms with E-state index in [1.165, 1.54) is 6.07 Å².